The summed E-state index contributed by atoms with van der Waals surface area (Å²) in [6.07, 6.45) is 2.24. The van der Waals surface area contributed by atoms with Crippen LogP contribution < -0.4 is 5.73 Å². The number of pyridine rings is 1. The Balaban J connectivity index is 2.18. The molecule has 4 heteroatoms. The van der Waals surface area contributed by atoms with Crippen molar-refractivity contribution in [1.82, 2.24) is 4.98 Å². The lowest BCUT2D eigenvalue weighted by atomic mass is 10.00. The molecule has 1 aromatic heterocycles. The Bertz CT molecular complexity index is 540. The maximum Gasteiger partial charge on any atom is 0.128 e. The third kappa shape index (κ3) is 3.15. The second-order valence-corrected chi connectivity index (χ2v) is 5.22. The van der Waals surface area contributed by atoms with Crippen LogP contribution in [0, 0.1) is 12.7 Å². The van der Waals surface area contributed by atoms with E-state index >= 15 is 0 Å². The van der Waals surface area contributed by atoms with Crippen molar-refractivity contribution in [3.8, 4) is 0 Å². The maximum atomic E-state index is 13.7. The summed E-state index contributed by atoms with van der Waals surface area (Å²) < 4.78 is 14.6. The first-order chi connectivity index (χ1) is 8.56. The van der Waals surface area contributed by atoms with Crippen LogP contribution in [0.2, 0.25) is 0 Å². The molecule has 2 nitrogen and oxygen atoms in total. The lowest BCUT2D eigenvalue weighted by Gasteiger charge is -2.13. The highest BCUT2D eigenvalue weighted by Crippen LogP contribution is 2.20. The quantitative estimate of drug-likeness (QED) is 0.942. The number of benzene rings is 1. The maximum absolute atomic E-state index is 13.7. The number of nitrogens with zero attached hydrogens (tertiary/aromatic N) is 1. The van der Waals surface area contributed by atoms with Gasteiger partial charge in [0.1, 0.15) is 5.82 Å². The smallest absolute Gasteiger partial charge is 0.128 e. The van der Waals surface area contributed by atoms with Crippen LogP contribution in [0.1, 0.15) is 22.9 Å². The van der Waals surface area contributed by atoms with E-state index in [0.717, 1.165) is 15.7 Å². The first kappa shape index (κ1) is 13.2. The molecule has 2 N–H and O–H groups in total. The Morgan fingerprint density at radius 1 is 1.33 bits per heavy atom. The minimum absolute atomic E-state index is 0.259. The third-order valence-corrected chi connectivity index (χ3v) is 3.24. The Morgan fingerprint density at radius 3 is 2.78 bits per heavy atom. The molecule has 0 bridgehead atoms. The lowest BCUT2D eigenvalue weighted by molar-refractivity contribution is 0.577. The van der Waals surface area contributed by atoms with E-state index in [1.54, 1.807) is 18.3 Å². The molecule has 1 atom stereocenters. The zero-order chi connectivity index (χ0) is 13.1. The summed E-state index contributed by atoms with van der Waals surface area (Å²) >= 11 is 3.32. The SMILES string of the molecule is Cc1ccc(F)c(C(N)Cc2ccc(Br)cn2)c1. The van der Waals surface area contributed by atoms with Crippen LogP contribution >= 0.6 is 15.9 Å². The van der Waals surface area contributed by atoms with Crippen molar-refractivity contribution in [2.45, 2.75) is 19.4 Å². The fourth-order valence-electron chi connectivity index (χ4n) is 1.81. The summed E-state index contributed by atoms with van der Waals surface area (Å²) in [6, 6.07) is 8.40. The Hall–Kier alpha value is -1.26. The van der Waals surface area contributed by atoms with Gasteiger partial charge in [-0.1, -0.05) is 17.7 Å². The molecule has 94 valence electrons. The van der Waals surface area contributed by atoms with Crippen LogP contribution in [-0.2, 0) is 6.42 Å². The van der Waals surface area contributed by atoms with E-state index in [0.29, 0.717) is 12.0 Å². The topological polar surface area (TPSA) is 38.9 Å². The van der Waals surface area contributed by atoms with Crippen LogP contribution in [0.15, 0.2) is 41.0 Å². The normalized spacial score (nSPS) is 12.4. The average molecular weight is 309 g/mol. The van der Waals surface area contributed by atoms with Crippen molar-refractivity contribution < 1.29 is 4.39 Å². The summed E-state index contributed by atoms with van der Waals surface area (Å²) in [5.41, 5.74) is 8.44. The molecule has 0 aliphatic heterocycles. The Morgan fingerprint density at radius 2 is 2.11 bits per heavy atom. The molecule has 18 heavy (non-hydrogen) atoms. The van der Waals surface area contributed by atoms with Crippen LogP contribution in [-0.4, -0.2) is 4.98 Å². The van der Waals surface area contributed by atoms with E-state index in [1.165, 1.54) is 6.07 Å². The highest BCUT2D eigenvalue weighted by molar-refractivity contribution is 9.10. The van der Waals surface area contributed by atoms with Gasteiger partial charge in [-0.05, 0) is 41.1 Å². The van der Waals surface area contributed by atoms with Gasteiger partial charge in [0.25, 0.3) is 0 Å². The van der Waals surface area contributed by atoms with Crippen molar-refractivity contribution in [3.63, 3.8) is 0 Å². The molecule has 0 fully saturated rings. The number of hydrogen-bond acceptors (Lipinski definition) is 2. The number of aromatic nitrogens is 1. The van der Waals surface area contributed by atoms with Gasteiger partial charge in [0, 0.05) is 34.4 Å². The molecule has 0 radical (unpaired) electrons. The fraction of sp³-hybridized carbons (Fsp3) is 0.214. The van der Waals surface area contributed by atoms with E-state index in [1.807, 2.05) is 19.1 Å². The van der Waals surface area contributed by atoms with E-state index in [9.17, 15) is 4.39 Å². The molecule has 1 aromatic carbocycles. The summed E-state index contributed by atoms with van der Waals surface area (Å²) in [6.45, 7) is 1.92. The molecule has 2 aromatic rings. The molecule has 0 saturated carbocycles. The first-order valence-corrected chi connectivity index (χ1v) is 6.47. The number of nitrogens with two attached hydrogens (primary N) is 1. The average Bonchev–Trinajstić information content (AvgIpc) is 2.35. The van der Waals surface area contributed by atoms with Gasteiger partial charge in [-0.25, -0.2) is 4.39 Å². The Labute approximate surface area is 114 Å². The third-order valence-electron chi connectivity index (χ3n) is 2.77. The van der Waals surface area contributed by atoms with Crippen LogP contribution in [0.25, 0.3) is 0 Å². The number of rotatable bonds is 3. The standard InChI is InChI=1S/C14H14BrFN2/c1-9-2-5-13(16)12(6-9)14(17)7-11-4-3-10(15)8-18-11/h2-6,8,14H,7,17H2,1H3. The minimum Gasteiger partial charge on any atom is -0.324 e. The second kappa shape index (κ2) is 5.59. The van der Waals surface area contributed by atoms with E-state index in [-0.39, 0.29) is 11.9 Å². The molecule has 0 aliphatic carbocycles. The van der Waals surface area contributed by atoms with Gasteiger partial charge in [-0.2, -0.15) is 0 Å². The van der Waals surface area contributed by atoms with E-state index < -0.39 is 0 Å². The van der Waals surface area contributed by atoms with Gasteiger partial charge in [-0.3, -0.25) is 4.98 Å². The molecule has 0 amide bonds. The lowest BCUT2D eigenvalue weighted by Crippen LogP contribution is -2.15. The molecule has 0 saturated heterocycles. The van der Waals surface area contributed by atoms with Crippen LogP contribution in [0.3, 0.4) is 0 Å². The van der Waals surface area contributed by atoms with Gasteiger partial charge in [-0.15, -0.1) is 0 Å². The molecule has 0 aliphatic rings. The summed E-state index contributed by atoms with van der Waals surface area (Å²) in [4.78, 5) is 4.25. The monoisotopic (exact) mass is 308 g/mol. The largest absolute Gasteiger partial charge is 0.324 e. The van der Waals surface area contributed by atoms with Crippen molar-refractivity contribution in [1.29, 1.82) is 0 Å². The summed E-state index contributed by atoms with van der Waals surface area (Å²) in [5, 5.41) is 0. The molecular formula is C14H14BrFN2. The van der Waals surface area contributed by atoms with Crippen molar-refractivity contribution in [2.75, 3.05) is 0 Å². The zero-order valence-electron chi connectivity index (χ0n) is 10.0. The summed E-state index contributed by atoms with van der Waals surface area (Å²) in [7, 11) is 0. The van der Waals surface area contributed by atoms with Crippen molar-refractivity contribution in [2.24, 2.45) is 5.73 Å². The zero-order valence-corrected chi connectivity index (χ0v) is 11.6. The van der Waals surface area contributed by atoms with Gasteiger partial charge < -0.3 is 5.73 Å². The van der Waals surface area contributed by atoms with E-state index in [4.69, 9.17) is 5.73 Å². The highest BCUT2D eigenvalue weighted by atomic mass is 79.9. The fourth-order valence-corrected chi connectivity index (χ4v) is 2.04. The van der Waals surface area contributed by atoms with Crippen molar-refractivity contribution >= 4 is 15.9 Å². The number of halogens is 2. The minimum atomic E-state index is -0.376. The predicted octanol–water partition coefficient (Wildman–Crippen LogP) is 3.53. The van der Waals surface area contributed by atoms with Crippen LogP contribution in [0.5, 0.6) is 0 Å². The van der Waals surface area contributed by atoms with Gasteiger partial charge in [0.15, 0.2) is 0 Å². The predicted molar refractivity (Wildman–Crippen MR) is 73.7 cm³/mol. The van der Waals surface area contributed by atoms with Gasteiger partial charge in [0.2, 0.25) is 0 Å². The highest BCUT2D eigenvalue weighted by Gasteiger charge is 2.12. The molecule has 1 unspecified atom stereocenters. The van der Waals surface area contributed by atoms with E-state index in [2.05, 4.69) is 20.9 Å². The molecular weight excluding hydrogens is 295 g/mol. The Kier molecular flexibility index (Phi) is 4.09. The van der Waals surface area contributed by atoms with Gasteiger partial charge in [0.05, 0.1) is 0 Å². The number of hydrogen-bond donors (Lipinski definition) is 1. The van der Waals surface area contributed by atoms with Crippen LogP contribution in [0.4, 0.5) is 4.39 Å². The second-order valence-electron chi connectivity index (χ2n) is 4.30. The first-order valence-electron chi connectivity index (χ1n) is 5.68. The van der Waals surface area contributed by atoms with Gasteiger partial charge >= 0.3 is 0 Å². The molecule has 1 heterocycles. The van der Waals surface area contributed by atoms with Crippen molar-refractivity contribution in [3.05, 3.63) is 63.6 Å². The molecule has 0 spiro atoms. The molecule has 2 rings (SSSR count). The summed E-state index contributed by atoms with van der Waals surface area (Å²) in [5.74, 6) is -0.259. The number of aryl methyl sites for hydroxylation is 1.